The van der Waals surface area contributed by atoms with Crippen LogP contribution >= 0.6 is 0 Å². The molecule has 0 amide bonds. The lowest BCUT2D eigenvalue weighted by Gasteiger charge is -2.20. The number of allylic oxidation sites excluding steroid dienone is 12. The molecule has 0 N–H and O–H groups in total. The Morgan fingerprint density at radius 1 is 0.273 bits per heavy atom. The van der Waals surface area contributed by atoms with Crippen LogP contribution < -0.4 is 0 Å². The van der Waals surface area contributed by atoms with Crippen molar-refractivity contribution in [2.24, 2.45) is 15.9 Å². The first kappa shape index (κ1) is 40.3. The van der Waals surface area contributed by atoms with E-state index in [9.17, 15) is 0 Å². The second-order valence-electron chi connectivity index (χ2n) is 16.7. The number of rotatable bonds is 10. The zero-order chi connectivity index (χ0) is 44.1. The molecule has 0 saturated carbocycles. The molecular weight excluding hydrogens is 797 g/mol. The smallest absolute Gasteiger partial charge is 0.0806 e. The number of benzene rings is 8. The number of nitrogens with zero attached hydrogens (tertiary/aromatic N) is 2. The molecule has 1 unspecified atom stereocenters. The molecular formula is C64H46N2. The van der Waals surface area contributed by atoms with Crippen LogP contribution in [0.15, 0.2) is 276 Å². The third-order valence-electron chi connectivity index (χ3n) is 12.6. The molecule has 312 valence electrons. The van der Waals surface area contributed by atoms with Crippen LogP contribution in [-0.4, -0.2) is 11.4 Å². The normalized spacial score (nSPS) is 16.5. The Labute approximate surface area is 387 Å². The summed E-state index contributed by atoms with van der Waals surface area (Å²) in [6.07, 6.45) is 9.85. The molecule has 2 nitrogen and oxygen atoms in total. The average molecular weight is 843 g/mol. The van der Waals surface area contributed by atoms with Gasteiger partial charge < -0.3 is 0 Å². The largest absolute Gasteiger partial charge is 0.248 e. The standard InChI is InChI=1S/C64H46N2/c1-9-25-45(26-10-1)55-56(46-27-11-2-12-28-46)60(50-35-19-6-20-36-50)63(59(55)49-33-17-5-18-34-49)65-53-41-43-54(44-42-53)66-64-61(51-37-21-7-22-38-51)57(47-29-13-3-14-30-47)58(48-31-15-4-16-32-48)62(64)52-39-23-8-24-40-52/h1-39,41-44,52H,40H2/b66-64+. The van der Waals surface area contributed by atoms with Crippen molar-refractivity contribution in [3.8, 4) is 0 Å². The number of hydrogen-bond acceptors (Lipinski definition) is 2. The van der Waals surface area contributed by atoms with E-state index < -0.39 is 0 Å². The second kappa shape index (κ2) is 18.3. The van der Waals surface area contributed by atoms with Crippen molar-refractivity contribution >= 4 is 61.8 Å². The first-order chi connectivity index (χ1) is 32.8. The van der Waals surface area contributed by atoms with Crippen LogP contribution in [0.2, 0.25) is 0 Å². The van der Waals surface area contributed by atoms with E-state index in [0.29, 0.717) is 0 Å². The lowest BCUT2D eigenvalue weighted by atomic mass is 9.84. The van der Waals surface area contributed by atoms with E-state index in [2.05, 4.69) is 261 Å². The van der Waals surface area contributed by atoms with E-state index in [4.69, 9.17) is 9.98 Å². The Morgan fingerprint density at radius 2 is 0.561 bits per heavy atom. The van der Waals surface area contributed by atoms with Crippen molar-refractivity contribution in [3.05, 3.63) is 305 Å². The summed E-state index contributed by atoms with van der Waals surface area (Å²) in [5, 5.41) is 0. The maximum absolute atomic E-state index is 5.70. The highest BCUT2D eigenvalue weighted by Gasteiger charge is 2.37. The van der Waals surface area contributed by atoms with Crippen LogP contribution in [-0.2, 0) is 0 Å². The second-order valence-corrected chi connectivity index (χ2v) is 16.7. The Balaban J connectivity index is 1.13. The van der Waals surface area contributed by atoms with Gasteiger partial charge in [-0.25, -0.2) is 9.98 Å². The zero-order valence-corrected chi connectivity index (χ0v) is 36.5. The lowest BCUT2D eigenvalue weighted by Crippen LogP contribution is -2.12. The first-order valence-electron chi connectivity index (χ1n) is 22.8. The molecule has 8 aromatic carbocycles. The van der Waals surface area contributed by atoms with Crippen molar-refractivity contribution in [1.29, 1.82) is 0 Å². The summed E-state index contributed by atoms with van der Waals surface area (Å²) >= 11 is 0. The summed E-state index contributed by atoms with van der Waals surface area (Å²) in [6, 6.07) is 84.0. The van der Waals surface area contributed by atoms with Crippen LogP contribution in [0.25, 0.3) is 39.0 Å². The first-order valence-corrected chi connectivity index (χ1v) is 22.8. The summed E-state index contributed by atoms with van der Waals surface area (Å²) in [6.45, 7) is 0. The van der Waals surface area contributed by atoms with Gasteiger partial charge in [0.25, 0.3) is 0 Å². The fourth-order valence-corrected chi connectivity index (χ4v) is 9.73. The van der Waals surface area contributed by atoms with Gasteiger partial charge in [0.2, 0.25) is 0 Å². The van der Waals surface area contributed by atoms with Crippen LogP contribution in [0.3, 0.4) is 0 Å². The predicted molar refractivity (Wildman–Crippen MR) is 279 cm³/mol. The number of aliphatic imine (C=N–C) groups is 2. The highest BCUT2D eigenvalue weighted by molar-refractivity contribution is 6.61. The Hall–Kier alpha value is -8.46. The Kier molecular flexibility index (Phi) is 11.2. The van der Waals surface area contributed by atoms with Crippen LogP contribution in [0.4, 0.5) is 11.4 Å². The van der Waals surface area contributed by atoms with E-state index in [1.807, 2.05) is 0 Å². The summed E-state index contributed by atoms with van der Waals surface area (Å²) in [5.74, 6) is 0.140. The van der Waals surface area contributed by atoms with E-state index in [1.165, 1.54) is 39.0 Å². The van der Waals surface area contributed by atoms with Gasteiger partial charge in [-0.05, 0) is 86.3 Å². The van der Waals surface area contributed by atoms with E-state index in [-0.39, 0.29) is 5.92 Å². The SMILES string of the molecule is C1=CCC(C2=C(c3ccccc3)C(c3ccccc3)=C(c3ccccc3)/C2=N\c2ccc(N=C3C(c4ccccc4)=C(c4ccccc4)C(c4ccccc4)=C3c3ccccc3)cc2)C=C1. The fraction of sp³-hybridized carbons (Fsp3) is 0.0312. The average Bonchev–Trinajstić information content (AvgIpc) is 3.92. The van der Waals surface area contributed by atoms with Gasteiger partial charge in [0.15, 0.2) is 0 Å². The van der Waals surface area contributed by atoms with Crippen molar-refractivity contribution in [1.82, 2.24) is 0 Å². The summed E-state index contributed by atoms with van der Waals surface area (Å²) in [7, 11) is 0. The molecule has 0 aromatic heterocycles. The van der Waals surface area contributed by atoms with E-state index in [1.54, 1.807) is 0 Å². The third-order valence-corrected chi connectivity index (χ3v) is 12.6. The minimum atomic E-state index is 0.140. The predicted octanol–water partition coefficient (Wildman–Crippen LogP) is 16.3. The highest BCUT2D eigenvalue weighted by atomic mass is 14.8. The van der Waals surface area contributed by atoms with Gasteiger partial charge in [0, 0.05) is 33.8 Å². The van der Waals surface area contributed by atoms with Gasteiger partial charge in [-0.15, -0.1) is 0 Å². The Bertz CT molecular complexity index is 3180. The molecule has 0 fully saturated rings. The Morgan fingerprint density at radius 3 is 0.894 bits per heavy atom. The van der Waals surface area contributed by atoms with E-state index in [0.717, 1.165) is 73.8 Å². The quantitative estimate of drug-likeness (QED) is 0.131. The molecule has 3 aliphatic rings. The molecule has 0 saturated heterocycles. The minimum absolute atomic E-state index is 0.140. The van der Waals surface area contributed by atoms with Gasteiger partial charge in [0.1, 0.15) is 0 Å². The molecule has 66 heavy (non-hydrogen) atoms. The number of hydrogen-bond donors (Lipinski definition) is 0. The molecule has 8 aromatic rings. The molecule has 0 spiro atoms. The molecule has 1 atom stereocenters. The van der Waals surface area contributed by atoms with Crippen molar-refractivity contribution in [2.45, 2.75) is 6.42 Å². The molecule has 0 aliphatic heterocycles. The fourth-order valence-electron chi connectivity index (χ4n) is 9.73. The van der Waals surface area contributed by atoms with E-state index >= 15 is 0 Å². The lowest BCUT2D eigenvalue weighted by molar-refractivity contribution is 0.801. The molecule has 0 bridgehead atoms. The van der Waals surface area contributed by atoms with Gasteiger partial charge in [-0.1, -0.05) is 237 Å². The van der Waals surface area contributed by atoms with Gasteiger partial charge in [0.05, 0.1) is 22.8 Å². The van der Waals surface area contributed by atoms with Gasteiger partial charge in [-0.3, -0.25) is 0 Å². The maximum atomic E-state index is 5.70. The molecule has 0 radical (unpaired) electrons. The van der Waals surface area contributed by atoms with Crippen LogP contribution in [0.5, 0.6) is 0 Å². The van der Waals surface area contributed by atoms with Crippen molar-refractivity contribution in [3.63, 3.8) is 0 Å². The summed E-state index contributed by atoms with van der Waals surface area (Å²) < 4.78 is 0. The van der Waals surface area contributed by atoms with Crippen molar-refractivity contribution < 1.29 is 0 Å². The van der Waals surface area contributed by atoms with Crippen molar-refractivity contribution in [2.75, 3.05) is 0 Å². The van der Waals surface area contributed by atoms with Crippen LogP contribution in [0, 0.1) is 5.92 Å². The monoisotopic (exact) mass is 842 g/mol. The summed E-state index contributed by atoms with van der Waals surface area (Å²) in [5.41, 5.74) is 21.1. The topological polar surface area (TPSA) is 24.7 Å². The van der Waals surface area contributed by atoms with Gasteiger partial charge in [-0.2, -0.15) is 0 Å². The molecule has 11 rings (SSSR count). The summed E-state index contributed by atoms with van der Waals surface area (Å²) in [4.78, 5) is 11.4. The molecule has 3 aliphatic carbocycles. The third kappa shape index (κ3) is 7.80. The highest BCUT2D eigenvalue weighted by Crippen LogP contribution is 2.52. The molecule has 0 heterocycles. The van der Waals surface area contributed by atoms with Gasteiger partial charge >= 0.3 is 0 Å². The maximum Gasteiger partial charge on any atom is 0.0806 e. The van der Waals surface area contributed by atoms with Crippen LogP contribution in [0.1, 0.15) is 45.4 Å². The molecule has 2 heteroatoms. The zero-order valence-electron chi connectivity index (χ0n) is 36.5. The minimum Gasteiger partial charge on any atom is -0.248 e.